The van der Waals surface area contributed by atoms with E-state index in [1.807, 2.05) is 25.5 Å². The van der Waals surface area contributed by atoms with Crippen molar-refractivity contribution in [2.24, 2.45) is 4.99 Å². The fraction of sp³-hybridized carbons (Fsp3) is 0.500. The summed E-state index contributed by atoms with van der Waals surface area (Å²) in [5, 5.41) is 4.64. The summed E-state index contributed by atoms with van der Waals surface area (Å²) in [4.78, 5) is 16.2. The molecule has 0 saturated carbocycles. The molecular weight excluding hydrogens is 418 g/mol. The third kappa shape index (κ3) is 6.70. The molecule has 1 aromatic carbocycles. The summed E-state index contributed by atoms with van der Waals surface area (Å²) in [6.45, 7) is 16.4. The predicted molar refractivity (Wildman–Crippen MR) is 132 cm³/mol. The van der Waals surface area contributed by atoms with Gasteiger partial charge in [-0.3, -0.25) is 9.67 Å². The van der Waals surface area contributed by atoms with Crippen molar-refractivity contribution >= 4 is 23.7 Å². The molecule has 33 heavy (non-hydrogen) atoms. The van der Waals surface area contributed by atoms with Crippen LogP contribution in [-0.2, 0) is 26.2 Å². The molecule has 2 aromatic rings. The van der Waals surface area contributed by atoms with Crippen LogP contribution >= 0.6 is 0 Å². The Balaban J connectivity index is 2.59. The molecule has 0 bridgehead atoms. The van der Waals surface area contributed by atoms with Crippen molar-refractivity contribution in [3.63, 3.8) is 0 Å². The van der Waals surface area contributed by atoms with Gasteiger partial charge in [-0.1, -0.05) is 45.0 Å². The third-order valence-electron chi connectivity index (χ3n) is 5.22. The number of nitrogens with zero attached hydrogens (tertiary/aromatic N) is 3. The van der Waals surface area contributed by atoms with Crippen LogP contribution in [0.25, 0.3) is 11.3 Å². The Morgan fingerprint density at radius 1 is 1.15 bits per heavy atom. The summed E-state index contributed by atoms with van der Waals surface area (Å²) in [5.74, 6) is 0.543. The van der Waals surface area contributed by atoms with Crippen LogP contribution in [0.1, 0.15) is 69.6 Å². The number of benzene rings is 1. The number of carbonyl (C=O) groups excluding carboxylic acids is 1. The highest BCUT2D eigenvalue weighted by Gasteiger charge is 2.22. The maximum Gasteiger partial charge on any atom is 0.511 e. The summed E-state index contributed by atoms with van der Waals surface area (Å²) in [7, 11) is 1.72. The average Bonchev–Trinajstić information content (AvgIpc) is 3.02. The highest BCUT2D eigenvalue weighted by atomic mass is 16.8. The van der Waals surface area contributed by atoms with E-state index in [4.69, 9.17) is 14.2 Å². The lowest BCUT2D eigenvalue weighted by atomic mass is 9.86. The molecule has 0 aliphatic rings. The van der Waals surface area contributed by atoms with Crippen molar-refractivity contribution in [3.8, 4) is 0 Å². The first-order chi connectivity index (χ1) is 15.5. The molecule has 1 aromatic heterocycles. The highest BCUT2D eigenvalue weighted by molar-refractivity contribution is 6.18. The molecule has 1 heterocycles. The number of aromatic nitrogens is 2. The van der Waals surface area contributed by atoms with Gasteiger partial charge in [-0.25, -0.2) is 4.79 Å². The largest absolute Gasteiger partial charge is 0.511 e. The molecule has 0 saturated heterocycles. The van der Waals surface area contributed by atoms with Gasteiger partial charge in [0.25, 0.3) is 0 Å². The van der Waals surface area contributed by atoms with Gasteiger partial charge in [0.2, 0.25) is 6.79 Å². The quantitative estimate of drug-likeness (QED) is 0.214. The lowest BCUT2D eigenvalue weighted by Crippen LogP contribution is -2.16. The van der Waals surface area contributed by atoms with E-state index >= 15 is 0 Å². The zero-order valence-electron chi connectivity index (χ0n) is 21.4. The van der Waals surface area contributed by atoms with Gasteiger partial charge in [-0.2, -0.15) is 5.10 Å². The number of carbonyl (C=O) groups is 1. The van der Waals surface area contributed by atoms with Crippen molar-refractivity contribution in [1.29, 1.82) is 0 Å². The maximum atomic E-state index is 11.9. The lowest BCUT2D eigenvalue weighted by Gasteiger charge is -2.20. The van der Waals surface area contributed by atoms with E-state index in [2.05, 4.69) is 55.1 Å². The molecule has 0 aliphatic carbocycles. The van der Waals surface area contributed by atoms with E-state index < -0.39 is 6.16 Å². The third-order valence-corrected chi connectivity index (χ3v) is 5.22. The van der Waals surface area contributed by atoms with Crippen LogP contribution in [0.4, 0.5) is 4.79 Å². The van der Waals surface area contributed by atoms with Gasteiger partial charge in [0.15, 0.2) is 5.76 Å². The van der Waals surface area contributed by atoms with Crippen LogP contribution in [0.2, 0.25) is 0 Å². The number of rotatable bonds is 8. The Morgan fingerprint density at radius 3 is 2.30 bits per heavy atom. The zero-order chi connectivity index (χ0) is 24.8. The van der Waals surface area contributed by atoms with Crippen molar-refractivity contribution in [2.75, 3.05) is 13.8 Å². The SMILES string of the molecule is CCn1nc(C)c(C)c1/C(OCOC(=O)OC(C)C)=C(\C=NC)c1ccc(C(C)(C)C)cc1. The topological polar surface area (TPSA) is 74.9 Å². The van der Waals surface area contributed by atoms with Gasteiger partial charge in [0.1, 0.15) is 5.69 Å². The van der Waals surface area contributed by atoms with Crippen LogP contribution in [-0.4, -0.2) is 42.1 Å². The molecule has 0 atom stereocenters. The standard InChI is InChI=1S/C26H37N3O4/c1-10-29-23(18(4)19(5)28-29)24(31-16-32-25(30)33-17(2)3)22(15-27-9)20-11-13-21(14-12-20)26(6,7)8/h11-15,17H,10,16H2,1-9H3/b24-22-,27-15?. The monoisotopic (exact) mass is 455 g/mol. The second kappa shape index (κ2) is 11.2. The van der Waals surface area contributed by atoms with Crippen LogP contribution in [0.15, 0.2) is 29.3 Å². The van der Waals surface area contributed by atoms with E-state index in [-0.39, 0.29) is 18.3 Å². The summed E-state index contributed by atoms with van der Waals surface area (Å²) in [6.07, 6.45) is 0.708. The summed E-state index contributed by atoms with van der Waals surface area (Å²) in [5.41, 5.74) is 5.71. The van der Waals surface area contributed by atoms with Crippen LogP contribution in [0.5, 0.6) is 0 Å². The number of hydrogen-bond acceptors (Lipinski definition) is 6. The van der Waals surface area contributed by atoms with Gasteiger partial charge in [0.05, 0.1) is 11.8 Å². The molecule has 0 fully saturated rings. The van der Waals surface area contributed by atoms with E-state index in [1.54, 1.807) is 27.1 Å². The Bertz CT molecular complexity index is 1010. The molecule has 2 rings (SSSR count). The minimum Gasteiger partial charge on any atom is -0.454 e. The zero-order valence-corrected chi connectivity index (χ0v) is 21.4. The molecule has 7 heteroatoms. The molecule has 180 valence electrons. The maximum absolute atomic E-state index is 11.9. The Hall–Kier alpha value is -3.09. The first-order valence-electron chi connectivity index (χ1n) is 11.3. The predicted octanol–water partition coefficient (Wildman–Crippen LogP) is 5.92. The van der Waals surface area contributed by atoms with Gasteiger partial charge >= 0.3 is 6.16 Å². The van der Waals surface area contributed by atoms with Gasteiger partial charge < -0.3 is 14.2 Å². The molecule has 0 radical (unpaired) electrons. The van der Waals surface area contributed by atoms with Gasteiger partial charge in [0, 0.05) is 30.9 Å². The first kappa shape index (κ1) is 26.2. The van der Waals surface area contributed by atoms with E-state index in [0.29, 0.717) is 12.3 Å². The fourth-order valence-electron chi connectivity index (χ4n) is 3.37. The fourth-order valence-corrected chi connectivity index (χ4v) is 3.37. The van der Waals surface area contributed by atoms with Crippen LogP contribution < -0.4 is 0 Å². The minimum atomic E-state index is -0.776. The number of hydrogen-bond donors (Lipinski definition) is 0. The normalized spacial score (nSPS) is 12.8. The van der Waals surface area contributed by atoms with E-state index in [1.165, 1.54) is 5.56 Å². The van der Waals surface area contributed by atoms with Crippen LogP contribution in [0.3, 0.4) is 0 Å². The second-order valence-corrected chi connectivity index (χ2v) is 9.16. The molecular formula is C26H37N3O4. The van der Waals surface area contributed by atoms with Crippen molar-refractivity contribution < 1.29 is 19.0 Å². The average molecular weight is 456 g/mol. The smallest absolute Gasteiger partial charge is 0.454 e. The number of allylic oxidation sites excluding steroid dienone is 1. The van der Waals surface area contributed by atoms with Crippen molar-refractivity contribution in [3.05, 3.63) is 52.3 Å². The molecule has 7 nitrogen and oxygen atoms in total. The summed E-state index contributed by atoms with van der Waals surface area (Å²) >= 11 is 0. The van der Waals surface area contributed by atoms with Crippen molar-refractivity contribution in [1.82, 2.24) is 9.78 Å². The number of ether oxygens (including phenoxy) is 3. The van der Waals surface area contributed by atoms with E-state index in [0.717, 1.165) is 28.1 Å². The molecule has 0 amide bonds. The Kier molecular flexibility index (Phi) is 8.85. The first-order valence-corrected chi connectivity index (χ1v) is 11.3. The van der Waals surface area contributed by atoms with Crippen LogP contribution in [0, 0.1) is 13.8 Å². The van der Waals surface area contributed by atoms with Gasteiger partial charge in [-0.05, 0) is 51.2 Å². The summed E-state index contributed by atoms with van der Waals surface area (Å²) in [6, 6.07) is 8.34. The highest BCUT2D eigenvalue weighted by Crippen LogP contribution is 2.31. The molecule has 0 spiro atoms. The summed E-state index contributed by atoms with van der Waals surface area (Å²) < 4.78 is 18.2. The molecule has 0 unspecified atom stereocenters. The molecule has 0 N–H and O–H groups in total. The number of aryl methyl sites for hydroxylation is 2. The number of aliphatic imine (C=N–C) groups is 1. The second-order valence-electron chi connectivity index (χ2n) is 9.16. The van der Waals surface area contributed by atoms with E-state index in [9.17, 15) is 4.79 Å². The van der Waals surface area contributed by atoms with Crippen molar-refractivity contribution in [2.45, 2.75) is 73.5 Å². The van der Waals surface area contributed by atoms with Gasteiger partial charge in [-0.15, -0.1) is 0 Å². The Morgan fingerprint density at radius 2 is 1.79 bits per heavy atom. The molecule has 0 aliphatic heterocycles. The Labute approximate surface area is 197 Å². The lowest BCUT2D eigenvalue weighted by molar-refractivity contribution is -0.0171. The minimum absolute atomic E-state index is 0.0414.